The molecule has 23 heavy (non-hydrogen) atoms. The Labute approximate surface area is 136 Å². The van der Waals surface area contributed by atoms with Crippen molar-refractivity contribution in [1.29, 1.82) is 0 Å². The first-order valence-electron chi connectivity index (χ1n) is 8.57. The second kappa shape index (κ2) is 7.79. The van der Waals surface area contributed by atoms with Gasteiger partial charge < -0.3 is 14.2 Å². The van der Waals surface area contributed by atoms with E-state index in [1.165, 1.54) is 0 Å². The van der Waals surface area contributed by atoms with Gasteiger partial charge in [0.2, 0.25) is 6.10 Å². The van der Waals surface area contributed by atoms with Crippen LogP contribution in [0, 0.1) is 23.7 Å². The average molecular weight is 326 g/mol. The van der Waals surface area contributed by atoms with Crippen molar-refractivity contribution in [2.24, 2.45) is 23.7 Å². The number of cyclic esters (lactones) is 1. The zero-order chi connectivity index (χ0) is 17.0. The molecule has 0 aromatic heterocycles. The fourth-order valence-corrected chi connectivity index (χ4v) is 3.83. The van der Waals surface area contributed by atoms with E-state index in [1.54, 1.807) is 6.92 Å². The summed E-state index contributed by atoms with van der Waals surface area (Å²) >= 11 is 0. The number of ether oxygens (including phenoxy) is 3. The van der Waals surface area contributed by atoms with Gasteiger partial charge in [-0.3, -0.25) is 9.59 Å². The maximum Gasteiger partial charge on any atom is 0.347 e. The Morgan fingerprint density at radius 1 is 1.09 bits per heavy atom. The van der Waals surface area contributed by atoms with Gasteiger partial charge in [0, 0.05) is 6.42 Å². The van der Waals surface area contributed by atoms with Crippen molar-refractivity contribution in [2.75, 3.05) is 13.2 Å². The van der Waals surface area contributed by atoms with E-state index in [-0.39, 0.29) is 24.4 Å². The number of hydrogen-bond donors (Lipinski definition) is 0. The summed E-state index contributed by atoms with van der Waals surface area (Å²) in [5, 5.41) is 0. The molecule has 6 heteroatoms. The molecule has 1 saturated carbocycles. The van der Waals surface area contributed by atoms with Gasteiger partial charge in [-0.15, -0.1) is 0 Å². The van der Waals surface area contributed by atoms with Crippen LogP contribution < -0.4 is 0 Å². The number of carbonyl (C=O) groups excluding carboxylic acids is 3. The van der Waals surface area contributed by atoms with E-state index in [9.17, 15) is 14.4 Å². The standard InChI is InChI=1S/C17H26O6/c1-4-10-9-11(5-2)14(13(10)16(19)21-6-3)17(20)23-12-7-8-22-15(12)18/h10-14H,4-9H2,1-3H3. The van der Waals surface area contributed by atoms with Crippen LogP contribution in [-0.4, -0.2) is 37.2 Å². The van der Waals surface area contributed by atoms with Gasteiger partial charge in [-0.2, -0.15) is 0 Å². The van der Waals surface area contributed by atoms with Gasteiger partial charge in [-0.05, 0) is 25.2 Å². The number of rotatable bonds is 6. The van der Waals surface area contributed by atoms with Gasteiger partial charge in [-0.25, -0.2) is 4.79 Å². The van der Waals surface area contributed by atoms with Crippen molar-refractivity contribution in [2.45, 2.75) is 52.6 Å². The molecule has 2 fully saturated rings. The highest BCUT2D eigenvalue weighted by Gasteiger charge is 2.51. The third-order valence-electron chi connectivity index (χ3n) is 5.03. The SMILES string of the molecule is CCOC(=O)C1C(CC)CC(CC)C1C(=O)OC1CCOC1=O. The topological polar surface area (TPSA) is 78.9 Å². The molecule has 6 nitrogen and oxygen atoms in total. The van der Waals surface area contributed by atoms with Crippen molar-refractivity contribution in [3.63, 3.8) is 0 Å². The molecule has 5 atom stereocenters. The van der Waals surface area contributed by atoms with Crippen molar-refractivity contribution in [3.8, 4) is 0 Å². The molecule has 0 spiro atoms. The summed E-state index contributed by atoms with van der Waals surface area (Å²) in [6, 6.07) is 0. The molecular formula is C17H26O6. The minimum Gasteiger partial charge on any atom is -0.466 e. The van der Waals surface area contributed by atoms with Crippen LogP contribution in [0.1, 0.15) is 46.5 Å². The molecule has 130 valence electrons. The zero-order valence-electron chi connectivity index (χ0n) is 14.1. The highest BCUT2D eigenvalue weighted by Crippen LogP contribution is 2.46. The first-order valence-corrected chi connectivity index (χ1v) is 8.57. The van der Waals surface area contributed by atoms with E-state index < -0.39 is 29.9 Å². The van der Waals surface area contributed by atoms with Crippen LogP contribution >= 0.6 is 0 Å². The summed E-state index contributed by atoms with van der Waals surface area (Å²) < 4.78 is 15.4. The van der Waals surface area contributed by atoms with Gasteiger partial charge >= 0.3 is 17.9 Å². The molecule has 0 aromatic carbocycles. The van der Waals surface area contributed by atoms with Gasteiger partial charge in [0.05, 0.1) is 25.0 Å². The van der Waals surface area contributed by atoms with Gasteiger partial charge in [0.15, 0.2) is 0 Å². The van der Waals surface area contributed by atoms with E-state index >= 15 is 0 Å². The molecule has 1 aliphatic carbocycles. The van der Waals surface area contributed by atoms with Crippen LogP contribution in [0.4, 0.5) is 0 Å². The average Bonchev–Trinajstić information content (AvgIpc) is 3.10. The fraction of sp³-hybridized carbons (Fsp3) is 0.824. The van der Waals surface area contributed by atoms with Crippen molar-refractivity contribution >= 4 is 17.9 Å². The molecule has 0 bridgehead atoms. The summed E-state index contributed by atoms with van der Waals surface area (Å²) in [5.41, 5.74) is 0. The summed E-state index contributed by atoms with van der Waals surface area (Å²) in [5.74, 6) is -2.09. The smallest absolute Gasteiger partial charge is 0.347 e. The molecule has 2 aliphatic rings. The minimum absolute atomic E-state index is 0.0827. The molecule has 1 heterocycles. The number of carbonyl (C=O) groups is 3. The molecule has 2 rings (SSSR count). The van der Waals surface area contributed by atoms with Crippen LogP contribution in [0.15, 0.2) is 0 Å². The van der Waals surface area contributed by atoms with Crippen LogP contribution in [0.3, 0.4) is 0 Å². The number of hydrogen-bond acceptors (Lipinski definition) is 6. The lowest BCUT2D eigenvalue weighted by Gasteiger charge is -2.24. The Bertz CT molecular complexity index is 460. The predicted molar refractivity (Wildman–Crippen MR) is 81.2 cm³/mol. The van der Waals surface area contributed by atoms with Crippen molar-refractivity contribution in [3.05, 3.63) is 0 Å². The zero-order valence-corrected chi connectivity index (χ0v) is 14.1. The summed E-state index contributed by atoms with van der Waals surface area (Å²) in [6.45, 7) is 6.35. The van der Waals surface area contributed by atoms with Crippen molar-refractivity contribution < 1.29 is 28.6 Å². The van der Waals surface area contributed by atoms with Gasteiger partial charge in [-0.1, -0.05) is 26.7 Å². The lowest BCUT2D eigenvalue weighted by Crippen LogP contribution is -2.36. The monoisotopic (exact) mass is 326 g/mol. The second-order valence-corrected chi connectivity index (χ2v) is 6.26. The van der Waals surface area contributed by atoms with E-state index in [0.717, 1.165) is 19.3 Å². The molecular weight excluding hydrogens is 300 g/mol. The van der Waals surface area contributed by atoms with Crippen molar-refractivity contribution in [1.82, 2.24) is 0 Å². The van der Waals surface area contributed by atoms with E-state index in [1.807, 2.05) is 13.8 Å². The quantitative estimate of drug-likeness (QED) is 0.549. The normalized spacial score (nSPS) is 33.3. The molecule has 0 N–H and O–H groups in total. The number of esters is 3. The van der Waals surface area contributed by atoms with Gasteiger partial charge in [0.25, 0.3) is 0 Å². The second-order valence-electron chi connectivity index (χ2n) is 6.26. The Balaban J connectivity index is 2.17. The predicted octanol–water partition coefficient (Wildman–Crippen LogP) is 2.10. The van der Waals surface area contributed by atoms with Gasteiger partial charge in [0.1, 0.15) is 0 Å². The van der Waals surface area contributed by atoms with Crippen LogP contribution in [0.25, 0.3) is 0 Å². The Kier molecular flexibility index (Phi) is 6.02. The first kappa shape index (κ1) is 17.8. The lowest BCUT2D eigenvalue weighted by molar-refractivity contribution is -0.169. The first-order chi connectivity index (χ1) is 11.0. The van der Waals surface area contributed by atoms with E-state index in [4.69, 9.17) is 14.2 Å². The summed E-state index contributed by atoms with van der Waals surface area (Å²) in [6.07, 6.45) is 1.97. The Hall–Kier alpha value is -1.59. The Morgan fingerprint density at radius 3 is 2.17 bits per heavy atom. The molecule has 5 unspecified atom stereocenters. The minimum atomic E-state index is -0.830. The highest BCUT2D eigenvalue weighted by molar-refractivity contribution is 5.86. The molecule has 0 amide bonds. The molecule has 0 aromatic rings. The third kappa shape index (κ3) is 3.67. The summed E-state index contributed by atoms with van der Waals surface area (Å²) in [7, 11) is 0. The molecule has 0 radical (unpaired) electrons. The maximum atomic E-state index is 12.7. The van der Waals surface area contributed by atoms with E-state index in [2.05, 4.69) is 0 Å². The van der Waals surface area contributed by atoms with E-state index in [0.29, 0.717) is 13.0 Å². The molecule has 1 saturated heterocycles. The Morgan fingerprint density at radius 2 is 1.70 bits per heavy atom. The lowest BCUT2D eigenvalue weighted by atomic mass is 9.85. The largest absolute Gasteiger partial charge is 0.466 e. The van der Waals surface area contributed by atoms with Crippen LogP contribution in [-0.2, 0) is 28.6 Å². The third-order valence-corrected chi connectivity index (χ3v) is 5.03. The maximum absolute atomic E-state index is 12.7. The molecule has 1 aliphatic heterocycles. The fourth-order valence-electron chi connectivity index (χ4n) is 3.83. The van der Waals surface area contributed by atoms with Crippen LogP contribution in [0.5, 0.6) is 0 Å². The summed E-state index contributed by atoms with van der Waals surface area (Å²) in [4.78, 5) is 36.6. The van der Waals surface area contributed by atoms with Crippen LogP contribution in [0.2, 0.25) is 0 Å². The highest BCUT2D eigenvalue weighted by atomic mass is 16.6.